The van der Waals surface area contributed by atoms with Crippen molar-refractivity contribution in [3.8, 4) is 0 Å². The van der Waals surface area contributed by atoms with Crippen LogP contribution < -0.4 is 5.32 Å². The Morgan fingerprint density at radius 3 is 2.63 bits per heavy atom. The quantitative estimate of drug-likeness (QED) is 0.905. The van der Waals surface area contributed by atoms with E-state index in [0.29, 0.717) is 5.41 Å². The van der Waals surface area contributed by atoms with E-state index in [2.05, 4.69) is 11.4 Å². The third-order valence-corrected chi connectivity index (χ3v) is 4.93. The highest BCUT2D eigenvalue weighted by atomic mass is 19.1. The van der Waals surface area contributed by atoms with Gasteiger partial charge in [0.2, 0.25) is 0 Å². The fourth-order valence-electron chi connectivity index (χ4n) is 4.13. The number of hydrogen-bond acceptors (Lipinski definition) is 2. The maximum Gasteiger partial charge on any atom is 0.123 e. The number of ether oxygens (including phenoxy) is 1. The largest absolute Gasteiger partial charge is 0.381 e. The van der Waals surface area contributed by atoms with E-state index < -0.39 is 0 Å². The average molecular weight is 263 g/mol. The van der Waals surface area contributed by atoms with Crippen LogP contribution in [-0.2, 0) is 10.2 Å². The first-order valence-corrected chi connectivity index (χ1v) is 7.17. The smallest absolute Gasteiger partial charge is 0.123 e. The molecule has 1 aliphatic heterocycles. The highest BCUT2D eigenvalue weighted by Gasteiger charge is 2.54. The van der Waals surface area contributed by atoms with Crippen molar-refractivity contribution < 1.29 is 9.13 Å². The summed E-state index contributed by atoms with van der Waals surface area (Å²) in [6.07, 6.45) is 4.64. The normalized spacial score (nSPS) is 24.1. The van der Waals surface area contributed by atoms with Gasteiger partial charge in [-0.3, -0.25) is 0 Å². The fourth-order valence-corrected chi connectivity index (χ4v) is 4.13. The summed E-state index contributed by atoms with van der Waals surface area (Å²) in [6, 6.07) is 7.15. The van der Waals surface area contributed by atoms with Crippen LogP contribution in [0.2, 0.25) is 0 Å². The number of likely N-dealkylation sites (N-methyl/N-ethyl adjacent to an activating group) is 1. The van der Waals surface area contributed by atoms with E-state index in [1.807, 2.05) is 13.1 Å². The van der Waals surface area contributed by atoms with Gasteiger partial charge in [-0.15, -0.1) is 0 Å². The summed E-state index contributed by atoms with van der Waals surface area (Å²) in [5.74, 6) is -0.124. The van der Waals surface area contributed by atoms with Gasteiger partial charge < -0.3 is 10.1 Å². The van der Waals surface area contributed by atoms with Crippen molar-refractivity contribution in [1.82, 2.24) is 5.32 Å². The van der Waals surface area contributed by atoms with Gasteiger partial charge >= 0.3 is 0 Å². The minimum absolute atomic E-state index is 0.119. The van der Waals surface area contributed by atoms with Crippen LogP contribution in [0.1, 0.15) is 31.2 Å². The molecule has 3 heteroatoms. The molecule has 1 heterocycles. The number of benzene rings is 1. The highest BCUT2D eigenvalue weighted by molar-refractivity contribution is 5.32. The lowest BCUT2D eigenvalue weighted by Gasteiger charge is -2.58. The Bertz CT molecular complexity index is 446. The van der Waals surface area contributed by atoms with Crippen molar-refractivity contribution >= 4 is 0 Å². The molecule has 1 aliphatic carbocycles. The minimum atomic E-state index is -0.124. The molecule has 104 valence electrons. The molecule has 2 fully saturated rings. The maximum atomic E-state index is 13.5. The minimum Gasteiger partial charge on any atom is -0.381 e. The van der Waals surface area contributed by atoms with Gasteiger partial charge in [-0.2, -0.15) is 0 Å². The zero-order valence-corrected chi connectivity index (χ0v) is 11.5. The molecular weight excluding hydrogens is 241 g/mol. The highest BCUT2D eigenvalue weighted by Crippen LogP contribution is 2.59. The topological polar surface area (TPSA) is 21.3 Å². The molecule has 1 saturated carbocycles. The van der Waals surface area contributed by atoms with Gasteiger partial charge in [0.1, 0.15) is 5.82 Å². The van der Waals surface area contributed by atoms with Crippen molar-refractivity contribution in [2.75, 3.05) is 26.8 Å². The van der Waals surface area contributed by atoms with Gasteiger partial charge in [0.05, 0.1) is 0 Å². The molecule has 0 unspecified atom stereocenters. The van der Waals surface area contributed by atoms with Crippen LogP contribution in [0.15, 0.2) is 24.3 Å². The lowest BCUT2D eigenvalue weighted by atomic mass is 9.48. The molecule has 0 radical (unpaired) electrons. The SMILES string of the molecule is CNCC1(c2cccc(F)c2)CC2(CCOCC2)C1. The third kappa shape index (κ3) is 2.30. The maximum absolute atomic E-state index is 13.5. The monoisotopic (exact) mass is 263 g/mol. The first-order chi connectivity index (χ1) is 9.18. The second-order valence-corrected chi connectivity index (χ2v) is 6.29. The molecule has 1 saturated heterocycles. The van der Waals surface area contributed by atoms with Crippen LogP contribution in [0.25, 0.3) is 0 Å². The fraction of sp³-hybridized carbons (Fsp3) is 0.625. The summed E-state index contributed by atoms with van der Waals surface area (Å²) in [5.41, 5.74) is 1.72. The summed E-state index contributed by atoms with van der Waals surface area (Å²) < 4.78 is 19.0. The van der Waals surface area contributed by atoms with Gasteiger partial charge in [-0.1, -0.05) is 12.1 Å². The van der Waals surface area contributed by atoms with Crippen LogP contribution in [0.5, 0.6) is 0 Å². The van der Waals surface area contributed by atoms with Gasteiger partial charge in [-0.25, -0.2) is 4.39 Å². The molecule has 0 bridgehead atoms. The summed E-state index contributed by atoms with van der Waals surface area (Å²) in [5, 5.41) is 3.30. The first-order valence-electron chi connectivity index (χ1n) is 7.17. The molecule has 1 aromatic rings. The third-order valence-electron chi connectivity index (χ3n) is 4.93. The van der Waals surface area contributed by atoms with E-state index in [4.69, 9.17) is 4.74 Å². The molecule has 0 aromatic heterocycles. The van der Waals surface area contributed by atoms with E-state index in [9.17, 15) is 4.39 Å². The number of rotatable bonds is 3. The van der Waals surface area contributed by atoms with E-state index >= 15 is 0 Å². The lowest BCUT2D eigenvalue weighted by Crippen LogP contribution is -2.56. The van der Waals surface area contributed by atoms with E-state index in [1.165, 1.54) is 6.07 Å². The van der Waals surface area contributed by atoms with Crippen molar-refractivity contribution in [1.29, 1.82) is 0 Å². The van der Waals surface area contributed by atoms with Gasteiger partial charge in [0, 0.05) is 25.2 Å². The Balaban J connectivity index is 1.82. The Kier molecular flexibility index (Phi) is 3.35. The molecule has 1 N–H and O–H groups in total. The van der Waals surface area contributed by atoms with Crippen molar-refractivity contribution in [2.45, 2.75) is 31.1 Å². The summed E-state index contributed by atoms with van der Waals surface area (Å²) in [7, 11) is 1.98. The van der Waals surface area contributed by atoms with Crippen LogP contribution in [0.4, 0.5) is 4.39 Å². The van der Waals surface area contributed by atoms with E-state index in [0.717, 1.165) is 51.0 Å². The molecule has 1 aromatic carbocycles. The predicted molar refractivity (Wildman–Crippen MR) is 73.7 cm³/mol. The summed E-state index contributed by atoms with van der Waals surface area (Å²) in [6.45, 7) is 2.70. The number of nitrogens with one attached hydrogen (secondary N) is 1. The lowest BCUT2D eigenvalue weighted by molar-refractivity contribution is -0.0733. The van der Waals surface area contributed by atoms with Gasteiger partial charge in [-0.05, 0) is 55.8 Å². The molecule has 2 aliphatic rings. The van der Waals surface area contributed by atoms with Crippen LogP contribution >= 0.6 is 0 Å². The van der Waals surface area contributed by atoms with Crippen molar-refractivity contribution in [3.63, 3.8) is 0 Å². The number of hydrogen-bond donors (Lipinski definition) is 1. The second-order valence-electron chi connectivity index (χ2n) is 6.29. The first kappa shape index (κ1) is 13.1. The Morgan fingerprint density at radius 1 is 1.26 bits per heavy atom. The Hall–Kier alpha value is -0.930. The molecule has 19 heavy (non-hydrogen) atoms. The van der Waals surface area contributed by atoms with Crippen molar-refractivity contribution in [3.05, 3.63) is 35.6 Å². The van der Waals surface area contributed by atoms with E-state index in [1.54, 1.807) is 6.07 Å². The average Bonchev–Trinajstić information content (AvgIpc) is 2.38. The molecule has 0 amide bonds. The molecule has 2 nitrogen and oxygen atoms in total. The molecule has 0 atom stereocenters. The van der Waals surface area contributed by atoms with Gasteiger partial charge in [0.25, 0.3) is 0 Å². The Morgan fingerprint density at radius 2 is 2.00 bits per heavy atom. The predicted octanol–water partition coefficient (Wildman–Crippen LogP) is 2.87. The standard InChI is InChI=1S/C16H22FNO/c1-18-12-16(13-3-2-4-14(17)9-13)10-15(11-16)5-7-19-8-6-15/h2-4,9,18H,5-8,10-12H2,1H3. The van der Waals surface area contributed by atoms with Gasteiger partial charge in [0.15, 0.2) is 0 Å². The van der Waals surface area contributed by atoms with Crippen LogP contribution in [0.3, 0.4) is 0 Å². The zero-order chi connectivity index (χ0) is 13.3. The number of halogens is 1. The second kappa shape index (κ2) is 4.88. The summed E-state index contributed by atoms with van der Waals surface area (Å²) >= 11 is 0. The van der Waals surface area contributed by atoms with Crippen LogP contribution in [-0.4, -0.2) is 26.8 Å². The van der Waals surface area contributed by atoms with E-state index in [-0.39, 0.29) is 11.2 Å². The zero-order valence-electron chi connectivity index (χ0n) is 11.5. The Labute approximate surface area is 114 Å². The molecule has 3 rings (SSSR count). The molecule has 1 spiro atoms. The van der Waals surface area contributed by atoms with Crippen molar-refractivity contribution in [2.24, 2.45) is 5.41 Å². The molecular formula is C16H22FNO. The van der Waals surface area contributed by atoms with Crippen LogP contribution in [0, 0.1) is 11.2 Å². The summed E-state index contributed by atoms with van der Waals surface area (Å²) in [4.78, 5) is 0.